The van der Waals surface area contributed by atoms with E-state index in [2.05, 4.69) is 28.5 Å². The van der Waals surface area contributed by atoms with Crippen LogP contribution in [0.2, 0.25) is 0 Å². The summed E-state index contributed by atoms with van der Waals surface area (Å²) in [6.07, 6.45) is 2.84. The Bertz CT molecular complexity index is 750. The number of aromatic nitrogens is 1. The molecular weight excluding hydrogens is 266 g/mol. The van der Waals surface area contributed by atoms with E-state index in [4.69, 9.17) is 0 Å². The van der Waals surface area contributed by atoms with Crippen LogP contribution in [0.1, 0.15) is 5.56 Å². The topological polar surface area (TPSA) is 71.0 Å². The van der Waals surface area contributed by atoms with Gasteiger partial charge in [-0.2, -0.15) is 0 Å². The number of hydrogen-bond acceptors (Lipinski definition) is 3. The Hall–Kier alpha value is -2.82. The SMILES string of the molecule is O=[N+]([O-])c1ccc2c(c1)CCN2.c1ccc2[nH]ccc2c1. The number of para-hydroxylation sites is 1. The third kappa shape index (κ3) is 2.86. The van der Waals surface area contributed by atoms with Crippen molar-refractivity contribution in [2.24, 2.45) is 0 Å². The van der Waals surface area contributed by atoms with E-state index in [0.29, 0.717) is 0 Å². The Balaban J connectivity index is 0.000000131. The number of nitro benzene ring substituents is 1. The summed E-state index contributed by atoms with van der Waals surface area (Å²) in [6.45, 7) is 0.885. The van der Waals surface area contributed by atoms with E-state index in [1.165, 1.54) is 17.0 Å². The Morgan fingerprint density at radius 2 is 1.95 bits per heavy atom. The maximum atomic E-state index is 10.4. The van der Waals surface area contributed by atoms with Crippen LogP contribution in [0.15, 0.2) is 54.7 Å². The fraction of sp³-hybridized carbons (Fsp3) is 0.125. The molecule has 2 heterocycles. The summed E-state index contributed by atoms with van der Waals surface area (Å²) in [5, 5.41) is 14.8. The summed E-state index contributed by atoms with van der Waals surface area (Å²) < 4.78 is 0. The molecule has 0 spiro atoms. The van der Waals surface area contributed by atoms with Gasteiger partial charge in [-0.1, -0.05) is 18.2 Å². The number of aromatic amines is 1. The normalized spacial score (nSPS) is 12.2. The molecular formula is C16H15N3O2. The van der Waals surface area contributed by atoms with Crippen LogP contribution in [0.3, 0.4) is 0 Å². The lowest BCUT2D eigenvalue weighted by atomic mass is 10.1. The van der Waals surface area contributed by atoms with Gasteiger partial charge in [-0.15, -0.1) is 0 Å². The summed E-state index contributed by atoms with van der Waals surface area (Å²) in [7, 11) is 0. The van der Waals surface area contributed by atoms with E-state index in [1.54, 1.807) is 12.1 Å². The number of benzene rings is 2. The largest absolute Gasteiger partial charge is 0.384 e. The fourth-order valence-corrected chi connectivity index (χ4v) is 2.40. The molecule has 21 heavy (non-hydrogen) atoms. The zero-order valence-corrected chi connectivity index (χ0v) is 11.4. The molecule has 0 aliphatic carbocycles. The third-order valence-electron chi connectivity index (χ3n) is 3.47. The van der Waals surface area contributed by atoms with Gasteiger partial charge in [0.05, 0.1) is 4.92 Å². The van der Waals surface area contributed by atoms with Crippen LogP contribution in [-0.4, -0.2) is 16.5 Å². The number of H-pyrrole nitrogens is 1. The molecule has 0 atom stereocenters. The average molecular weight is 281 g/mol. The van der Waals surface area contributed by atoms with Gasteiger partial charge in [0.1, 0.15) is 0 Å². The standard InChI is InChI=1S/C8H8N2O2.C8H7N/c11-10(12)7-1-2-8-6(5-7)3-4-9-8;1-2-4-8-7(3-1)5-6-9-8/h1-2,5,9H,3-4H2;1-6,9H. The van der Waals surface area contributed by atoms with E-state index >= 15 is 0 Å². The number of nitro groups is 1. The molecule has 0 saturated heterocycles. The second-order valence-electron chi connectivity index (χ2n) is 4.84. The number of non-ortho nitro benzene ring substituents is 1. The van der Waals surface area contributed by atoms with Crippen LogP contribution in [0.25, 0.3) is 10.9 Å². The van der Waals surface area contributed by atoms with Crippen LogP contribution in [0, 0.1) is 10.1 Å². The molecule has 106 valence electrons. The molecule has 3 aromatic rings. The number of hydrogen-bond donors (Lipinski definition) is 2. The summed E-state index contributed by atoms with van der Waals surface area (Å²) in [4.78, 5) is 13.1. The van der Waals surface area contributed by atoms with Gasteiger partial charge in [0.15, 0.2) is 0 Å². The first-order valence-corrected chi connectivity index (χ1v) is 6.77. The highest BCUT2D eigenvalue weighted by atomic mass is 16.6. The lowest BCUT2D eigenvalue weighted by Gasteiger charge is -1.97. The van der Waals surface area contributed by atoms with Gasteiger partial charge in [-0.05, 0) is 35.6 Å². The molecule has 4 rings (SSSR count). The van der Waals surface area contributed by atoms with Crippen molar-refractivity contribution in [1.29, 1.82) is 0 Å². The van der Waals surface area contributed by atoms with Crippen LogP contribution in [-0.2, 0) is 6.42 Å². The second kappa shape index (κ2) is 5.66. The van der Waals surface area contributed by atoms with Crippen molar-refractivity contribution in [3.63, 3.8) is 0 Å². The van der Waals surface area contributed by atoms with Gasteiger partial charge in [0, 0.05) is 36.1 Å². The first-order valence-electron chi connectivity index (χ1n) is 6.77. The number of fused-ring (bicyclic) bond motifs is 2. The number of nitrogens with zero attached hydrogens (tertiary/aromatic N) is 1. The minimum atomic E-state index is -0.362. The maximum Gasteiger partial charge on any atom is 0.269 e. The highest BCUT2D eigenvalue weighted by Crippen LogP contribution is 2.25. The summed E-state index contributed by atoms with van der Waals surface area (Å²) in [6, 6.07) is 15.2. The van der Waals surface area contributed by atoms with Gasteiger partial charge < -0.3 is 10.3 Å². The number of rotatable bonds is 1. The molecule has 0 saturated carbocycles. The molecule has 1 aromatic heterocycles. The molecule has 2 aromatic carbocycles. The van der Waals surface area contributed by atoms with Crippen LogP contribution in [0.4, 0.5) is 11.4 Å². The van der Waals surface area contributed by atoms with Crippen molar-refractivity contribution in [3.05, 3.63) is 70.4 Å². The monoisotopic (exact) mass is 281 g/mol. The van der Waals surface area contributed by atoms with Crippen molar-refractivity contribution in [2.45, 2.75) is 6.42 Å². The van der Waals surface area contributed by atoms with E-state index < -0.39 is 0 Å². The molecule has 1 aliphatic heterocycles. The van der Waals surface area contributed by atoms with Crippen LogP contribution >= 0.6 is 0 Å². The van der Waals surface area contributed by atoms with E-state index in [1.807, 2.05) is 18.3 Å². The predicted molar refractivity (Wildman–Crippen MR) is 83.6 cm³/mol. The average Bonchev–Trinajstić information content (AvgIpc) is 3.15. The van der Waals surface area contributed by atoms with Gasteiger partial charge in [0.25, 0.3) is 5.69 Å². The molecule has 5 heteroatoms. The minimum absolute atomic E-state index is 0.178. The molecule has 0 unspecified atom stereocenters. The van der Waals surface area contributed by atoms with Crippen molar-refractivity contribution in [3.8, 4) is 0 Å². The minimum Gasteiger partial charge on any atom is -0.384 e. The quantitative estimate of drug-likeness (QED) is 0.527. The van der Waals surface area contributed by atoms with Gasteiger partial charge in [0.2, 0.25) is 0 Å². The third-order valence-corrected chi connectivity index (χ3v) is 3.47. The number of anilines is 1. The van der Waals surface area contributed by atoms with Crippen molar-refractivity contribution < 1.29 is 4.92 Å². The molecule has 0 amide bonds. The van der Waals surface area contributed by atoms with Crippen LogP contribution < -0.4 is 5.32 Å². The van der Waals surface area contributed by atoms with Crippen molar-refractivity contribution in [1.82, 2.24) is 4.98 Å². The van der Waals surface area contributed by atoms with E-state index in [0.717, 1.165) is 24.2 Å². The van der Waals surface area contributed by atoms with E-state index in [-0.39, 0.29) is 10.6 Å². The Kier molecular flexibility index (Phi) is 3.55. The summed E-state index contributed by atoms with van der Waals surface area (Å²) in [5.74, 6) is 0. The Labute approximate surface area is 121 Å². The Morgan fingerprint density at radius 3 is 2.76 bits per heavy atom. The lowest BCUT2D eigenvalue weighted by Crippen LogP contribution is -1.90. The zero-order valence-electron chi connectivity index (χ0n) is 11.4. The first-order chi connectivity index (χ1) is 10.2. The second-order valence-corrected chi connectivity index (χ2v) is 4.84. The van der Waals surface area contributed by atoms with Gasteiger partial charge in [-0.3, -0.25) is 10.1 Å². The summed E-state index contributed by atoms with van der Waals surface area (Å²) in [5.41, 5.74) is 3.46. The Morgan fingerprint density at radius 1 is 1.10 bits per heavy atom. The molecule has 1 aliphatic rings. The molecule has 5 nitrogen and oxygen atoms in total. The van der Waals surface area contributed by atoms with Gasteiger partial charge >= 0.3 is 0 Å². The maximum absolute atomic E-state index is 10.4. The highest BCUT2D eigenvalue weighted by Gasteiger charge is 2.13. The summed E-state index contributed by atoms with van der Waals surface area (Å²) >= 11 is 0. The van der Waals surface area contributed by atoms with Crippen molar-refractivity contribution >= 4 is 22.3 Å². The smallest absolute Gasteiger partial charge is 0.269 e. The zero-order chi connectivity index (χ0) is 14.7. The van der Waals surface area contributed by atoms with Crippen LogP contribution in [0.5, 0.6) is 0 Å². The fourth-order valence-electron chi connectivity index (χ4n) is 2.40. The highest BCUT2D eigenvalue weighted by molar-refractivity contribution is 5.78. The molecule has 0 bridgehead atoms. The van der Waals surface area contributed by atoms with E-state index in [9.17, 15) is 10.1 Å². The predicted octanol–water partition coefficient (Wildman–Crippen LogP) is 3.73. The van der Waals surface area contributed by atoms with Gasteiger partial charge in [-0.25, -0.2) is 0 Å². The molecule has 0 radical (unpaired) electrons. The molecule has 0 fully saturated rings. The first kappa shape index (κ1) is 13.2. The molecule has 2 N–H and O–H groups in total. The number of nitrogens with one attached hydrogen (secondary N) is 2. The van der Waals surface area contributed by atoms with Crippen molar-refractivity contribution in [2.75, 3.05) is 11.9 Å². The lowest BCUT2D eigenvalue weighted by molar-refractivity contribution is -0.384.